The Morgan fingerprint density at radius 1 is 1.36 bits per heavy atom. The summed E-state index contributed by atoms with van der Waals surface area (Å²) in [5, 5.41) is 19.4. The van der Waals surface area contributed by atoms with E-state index in [1.165, 1.54) is 0 Å². The molecular formula is C8H16N2O4. The Balaban J connectivity index is 3.48. The van der Waals surface area contributed by atoms with Gasteiger partial charge in [0.2, 0.25) is 5.91 Å². The zero-order chi connectivity index (χ0) is 11.0. The third-order valence-electron chi connectivity index (χ3n) is 1.64. The summed E-state index contributed by atoms with van der Waals surface area (Å²) in [6.07, 6.45) is 0.206. The molecular weight excluding hydrogens is 188 g/mol. The number of rotatable bonds is 7. The smallest absolute Gasteiger partial charge is 0.334 e. The molecule has 5 N–H and O–H groups in total. The van der Waals surface area contributed by atoms with Gasteiger partial charge in [-0.3, -0.25) is 4.79 Å². The molecule has 0 saturated heterocycles. The predicted octanol–water partition coefficient (Wildman–Crippen LogP) is -1.32. The molecule has 0 bridgehead atoms. The molecule has 0 aliphatic rings. The van der Waals surface area contributed by atoms with Gasteiger partial charge in [0.05, 0.1) is 6.54 Å². The summed E-state index contributed by atoms with van der Waals surface area (Å²) in [4.78, 5) is 21.1. The van der Waals surface area contributed by atoms with Crippen molar-refractivity contribution in [3.63, 3.8) is 0 Å². The molecule has 6 nitrogen and oxygen atoms in total. The van der Waals surface area contributed by atoms with Gasteiger partial charge in [-0.1, -0.05) is 0 Å². The Morgan fingerprint density at radius 3 is 2.50 bits per heavy atom. The lowest BCUT2D eigenvalue weighted by Crippen LogP contribution is -2.36. The maximum atomic E-state index is 11.0. The summed E-state index contributed by atoms with van der Waals surface area (Å²) in [5.74, 6) is -1.61. The summed E-state index contributed by atoms with van der Waals surface area (Å²) in [5.41, 5.74) is 5.23. The number of carboxylic acid groups (broad SMARTS) is 1. The van der Waals surface area contributed by atoms with E-state index < -0.39 is 12.1 Å². The average Bonchev–Trinajstić information content (AvgIpc) is 2.14. The quantitative estimate of drug-likeness (QED) is 0.384. The fraction of sp³-hybridized carbons (Fsp3) is 0.750. The summed E-state index contributed by atoms with van der Waals surface area (Å²) in [6, 6.07) is 0. The molecule has 0 aromatic carbocycles. The molecule has 0 aromatic heterocycles. The number of aliphatic hydroxyl groups is 1. The van der Waals surface area contributed by atoms with E-state index >= 15 is 0 Å². The minimum absolute atomic E-state index is 0.253. The van der Waals surface area contributed by atoms with Crippen molar-refractivity contribution in [3.05, 3.63) is 0 Å². The normalized spacial score (nSPS) is 12.1. The molecule has 14 heavy (non-hydrogen) atoms. The number of hydrogen-bond donors (Lipinski definition) is 4. The van der Waals surface area contributed by atoms with Crippen molar-refractivity contribution in [2.45, 2.75) is 25.4 Å². The molecule has 1 amide bonds. The van der Waals surface area contributed by atoms with Crippen molar-refractivity contribution in [3.8, 4) is 0 Å². The number of carbonyl (C=O) groups is 2. The van der Waals surface area contributed by atoms with Crippen molar-refractivity contribution >= 4 is 11.9 Å². The van der Waals surface area contributed by atoms with Gasteiger partial charge in [-0.2, -0.15) is 0 Å². The van der Waals surface area contributed by atoms with Gasteiger partial charge in [0.1, 0.15) is 0 Å². The number of amides is 1. The van der Waals surface area contributed by atoms with Crippen LogP contribution in [-0.2, 0) is 9.59 Å². The molecule has 1 atom stereocenters. The largest absolute Gasteiger partial charge is 0.479 e. The highest BCUT2D eigenvalue weighted by Gasteiger charge is 2.13. The first kappa shape index (κ1) is 12.9. The lowest BCUT2D eigenvalue weighted by atomic mass is 10.2. The Bertz CT molecular complexity index is 196. The molecule has 0 aromatic rings. The molecule has 0 heterocycles. The second-order valence-corrected chi connectivity index (χ2v) is 2.90. The molecule has 82 valence electrons. The van der Waals surface area contributed by atoms with E-state index in [1.54, 1.807) is 0 Å². The van der Waals surface area contributed by atoms with Crippen LogP contribution < -0.4 is 11.1 Å². The fourth-order valence-electron chi connectivity index (χ4n) is 0.816. The summed E-state index contributed by atoms with van der Waals surface area (Å²) in [7, 11) is 0. The Labute approximate surface area is 82.1 Å². The first-order valence-corrected chi connectivity index (χ1v) is 4.45. The number of hydrogen-bond acceptors (Lipinski definition) is 4. The summed E-state index contributed by atoms with van der Waals surface area (Å²) >= 11 is 0. The van der Waals surface area contributed by atoms with Gasteiger partial charge < -0.3 is 21.3 Å². The van der Waals surface area contributed by atoms with Crippen LogP contribution in [0.5, 0.6) is 0 Å². The minimum Gasteiger partial charge on any atom is -0.479 e. The lowest BCUT2D eigenvalue weighted by molar-refractivity contribution is -0.146. The second-order valence-electron chi connectivity index (χ2n) is 2.90. The number of carbonyl (C=O) groups excluding carboxylic acids is 1. The number of aliphatic carboxylic acids is 1. The maximum Gasteiger partial charge on any atom is 0.334 e. The van der Waals surface area contributed by atoms with Gasteiger partial charge in [0.15, 0.2) is 6.10 Å². The maximum absolute atomic E-state index is 11.0. The van der Waals surface area contributed by atoms with Crippen molar-refractivity contribution in [2.24, 2.45) is 5.73 Å². The third kappa shape index (κ3) is 6.38. The number of nitrogens with one attached hydrogen (secondary N) is 1. The molecule has 0 radical (unpaired) electrons. The van der Waals surface area contributed by atoms with E-state index in [9.17, 15) is 9.59 Å². The Morgan fingerprint density at radius 2 is 2.00 bits per heavy atom. The zero-order valence-electron chi connectivity index (χ0n) is 7.90. The van der Waals surface area contributed by atoms with Crippen LogP contribution in [0.3, 0.4) is 0 Å². The molecule has 0 aliphatic heterocycles. The Kier molecular flexibility index (Phi) is 6.69. The van der Waals surface area contributed by atoms with Crippen LogP contribution in [-0.4, -0.2) is 41.3 Å². The molecule has 0 rings (SSSR count). The van der Waals surface area contributed by atoms with E-state index in [0.717, 1.165) is 6.42 Å². The average molecular weight is 204 g/mol. The van der Waals surface area contributed by atoms with Crippen molar-refractivity contribution in [2.75, 3.05) is 13.1 Å². The van der Waals surface area contributed by atoms with Gasteiger partial charge in [0.25, 0.3) is 0 Å². The first-order chi connectivity index (χ1) is 6.57. The van der Waals surface area contributed by atoms with Crippen LogP contribution in [0.15, 0.2) is 0 Å². The highest BCUT2D eigenvalue weighted by atomic mass is 16.4. The van der Waals surface area contributed by atoms with Gasteiger partial charge in [0, 0.05) is 6.42 Å². The van der Waals surface area contributed by atoms with E-state index in [2.05, 4.69) is 5.32 Å². The fourth-order valence-corrected chi connectivity index (χ4v) is 0.816. The summed E-state index contributed by atoms with van der Waals surface area (Å²) in [6.45, 7) is 0.280. The topological polar surface area (TPSA) is 113 Å². The number of unbranched alkanes of at least 4 members (excludes halogenated alkanes) is 1. The van der Waals surface area contributed by atoms with E-state index in [4.69, 9.17) is 15.9 Å². The number of carboxylic acids is 1. The van der Waals surface area contributed by atoms with Gasteiger partial charge >= 0.3 is 5.97 Å². The first-order valence-electron chi connectivity index (χ1n) is 4.45. The monoisotopic (exact) mass is 204 g/mol. The summed E-state index contributed by atoms with van der Waals surface area (Å²) < 4.78 is 0. The highest BCUT2D eigenvalue weighted by molar-refractivity contribution is 5.77. The predicted molar refractivity (Wildman–Crippen MR) is 49.6 cm³/mol. The standard InChI is InChI=1S/C8H16N2O4/c9-4-2-1-3-7(12)10-5-6(11)8(13)14/h6,11H,1-5,9H2,(H,10,12)(H,13,14). The van der Waals surface area contributed by atoms with Crippen LogP contribution in [0, 0.1) is 0 Å². The molecule has 6 heteroatoms. The molecule has 0 saturated carbocycles. The highest BCUT2D eigenvalue weighted by Crippen LogP contribution is 1.93. The van der Waals surface area contributed by atoms with Gasteiger partial charge in [-0.25, -0.2) is 4.79 Å². The third-order valence-corrected chi connectivity index (χ3v) is 1.64. The van der Waals surface area contributed by atoms with Crippen LogP contribution >= 0.6 is 0 Å². The molecule has 0 aliphatic carbocycles. The van der Waals surface area contributed by atoms with Crippen LogP contribution in [0.1, 0.15) is 19.3 Å². The SMILES string of the molecule is NCCCCC(=O)NCC(O)C(=O)O. The van der Waals surface area contributed by atoms with Crippen molar-refractivity contribution in [1.82, 2.24) is 5.32 Å². The Hall–Kier alpha value is -1.14. The minimum atomic E-state index is -1.53. The van der Waals surface area contributed by atoms with Crippen LogP contribution in [0.4, 0.5) is 0 Å². The van der Waals surface area contributed by atoms with E-state index in [-0.39, 0.29) is 12.5 Å². The van der Waals surface area contributed by atoms with Crippen molar-refractivity contribution < 1.29 is 19.8 Å². The molecule has 1 unspecified atom stereocenters. The van der Waals surface area contributed by atoms with E-state index in [0.29, 0.717) is 19.4 Å². The number of nitrogens with two attached hydrogens (primary N) is 1. The van der Waals surface area contributed by atoms with Crippen LogP contribution in [0.2, 0.25) is 0 Å². The van der Waals surface area contributed by atoms with Crippen LogP contribution in [0.25, 0.3) is 0 Å². The zero-order valence-corrected chi connectivity index (χ0v) is 7.90. The lowest BCUT2D eigenvalue weighted by Gasteiger charge is -2.07. The van der Waals surface area contributed by atoms with Gasteiger partial charge in [-0.15, -0.1) is 0 Å². The van der Waals surface area contributed by atoms with Gasteiger partial charge in [-0.05, 0) is 19.4 Å². The second kappa shape index (κ2) is 7.28. The molecule has 0 fully saturated rings. The van der Waals surface area contributed by atoms with E-state index in [1.807, 2.05) is 0 Å². The van der Waals surface area contributed by atoms with Crippen molar-refractivity contribution in [1.29, 1.82) is 0 Å². The molecule has 0 spiro atoms. The number of aliphatic hydroxyl groups excluding tert-OH is 1.